The summed E-state index contributed by atoms with van der Waals surface area (Å²) in [6.45, 7) is 3.78. The molecule has 0 saturated heterocycles. The van der Waals surface area contributed by atoms with Crippen LogP contribution in [0.3, 0.4) is 0 Å². The highest BCUT2D eigenvalue weighted by Gasteiger charge is 2.45. The van der Waals surface area contributed by atoms with E-state index in [-0.39, 0.29) is 5.78 Å². The van der Waals surface area contributed by atoms with E-state index in [2.05, 4.69) is 0 Å². The van der Waals surface area contributed by atoms with Crippen molar-refractivity contribution in [2.24, 2.45) is 0 Å². The average Bonchev–Trinajstić information content (AvgIpc) is 2.26. The maximum absolute atomic E-state index is 11.9. The van der Waals surface area contributed by atoms with Gasteiger partial charge in [-0.2, -0.15) is 0 Å². The molecule has 2 bridgehead atoms. The molecule has 16 heavy (non-hydrogen) atoms. The molecule has 0 saturated carbocycles. The van der Waals surface area contributed by atoms with Gasteiger partial charge in [0.05, 0.1) is 0 Å². The van der Waals surface area contributed by atoms with Crippen molar-refractivity contribution in [2.75, 3.05) is 0 Å². The molecular formula is C13H12O3. The zero-order valence-corrected chi connectivity index (χ0v) is 9.19. The molecule has 3 nitrogen and oxygen atoms in total. The van der Waals surface area contributed by atoms with Gasteiger partial charge in [-0.1, -0.05) is 11.6 Å². The molecule has 1 aromatic rings. The molecule has 82 valence electrons. The van der Waals surface area contributed by atoms with Crippen LogP contribution in [0.25, 0.3) is 0 Å². The molecule has 2 aliphatic heterocycles. The Hall–Kier alpha value is -1.61. The number of ether oxygens (including phenoxy) is 2. The van der Waals surface area contributed by atoms with Crippen molar-refractivity contribution in [2.45, 2.75) is 25.7 Å². The minimum absolute atomic E-state index is 0.0288. The summed E-state index contributed by atoms with van der Waals surface area (Å²) in [6.07, 6.45) is 2.74. The van der Waals surface area contributed by atoms with E-state index < -0.39 is 11.9 Å². The number of fused-ring (bicyclic) bond motifs is 4. The molecule has 0 radical (unpaired) electrons. The largest absolute Gasteiger partial charge is 0.461 e. The van der Waals surface area contributed by atoms with Crippen LogP contribution in [0.15, 0.2) is 30.4 Å². The summed E-state index contributed by atoms with van der Waals surface area (Å²) in [5.41, 5.74) is 1.02. The fraction of sp³-hybridized carbons (Fsp3) is 0.308. The second kappa shape index (κ2) is 2.95. The predicted octanol–water partition coefficient (Wildman–Crippen LogP) is 2.08. The minimum atomic E-state index is -0.890. The molecule has 0 unspecified atom stereocenters. The van der Waals surface area contributed by atoms with Gasteiger partial charge in [0.15, 0.2) is 11.4 Å². The van der Waals surface area contributed by atoms with Crippen molar-refractivity contribution in [1.82, 2.24) is 0 Å². The van der Waals surface area contributed by atoms with Crippen molar-refractivity contribution < 1.29 is 14.3 Å². The Labute approximate surface area is 93.7 Å². The number of rotatable bonds is 0. The van der Waals surface area contributed by atoms with Crippen molar-refractivity contribution in [3.05, 3.63) is 41.5 Å². The van der Waals surface area contributed by atoms with Gasteiger partial charge in [0.25, 0.3) is 0 Å². The van der Waals surface area contributed by atoms with Crippen molar-refractivity contribution >= 4 is 5.78 Å². The maximum Gasteiger partial charge on any atom is 0.221 e. The van der Waals surface area contributed by atoms with Gasteiger partial charge >= 0.3 is 0 Å². The van der Waals surface area contributed by atoms with Crippen LogP contribution in [-0.4, -0.2) is 12.1 Å². The topological polar surface area (TPSA) is 35.5 Å². The molecule has 2 atom stereocenters. The average molecular weight is 216 g/mol. The van der Waals surface area contributed by atoms with Gasteiger partial charge in [-0.05, 0) is 38.1 Å². The normalized spacial score (nSPS) is 30.9. The van der Waals surface area contributed by atoms with Crippen LogP contribution < -0.4 is 4.74 Å². The number of ketones is 1. The maximum atomic E-state index is 11.9. The highest BCUT2D eigenvalue weighted by atomic mass is 16.7. The van der Waals surface area contributed by atoms with Crippen LogP contribution in [0.1, 0.15) is 18.1 Å². The quantitative estimate of drug-likeness (QED) is 0.666. The third kappa shape index (κ3) is 1.15. The lowest BCUT2D eigenvalue weighted by Crippen LogP contribution is -2.46. The lowest BCUT2D eigenvalue weighted by Gasteiger charge is -2.40. The van der Waals surface area contributed by atoms with Crippen LogP contribution in [0.4, 0.5) is 0 Å². The van der Waals surface area contributed by atoms with E-state index in [0.717, 1.165) is 16.9 Å². The molecule has 2 aliphatic rings. The molecule has 3 heteroatoms. The minimum Gasteiger partial charge on any atom is -0.461 e. The van der Waals surface area contributed by atoms with Crippen LogP contribution in [0, 0.1) is 6.92 Å². The van der Waals surface area contributed by atoms with Gasteiger partial charge in [0.1, 0.15) is 5.75 Å². The van der Waals surface area contributed by atoms with Gasteiger partial charge in [-0.15, -0.1) is 0 Å². The van der Waals surface area contributed by atoms with E-state index in [1.165, 1.54) is 0 Å². The highest BCUT2D eigenvalue weighted by molar-refractivity contribution is 5.99. The molecule has 0 spiro atoms. The van der Waals surface area contributed by atoms with Gasteiger partial charge in [-0.25, -0.2) is 0 Å². The molecule has 1 aromatic carbocycles. The van der Waals surface area contributed by atoms with Crippen LogP contribution in [0.5, 0.6) is 5.75 Å². The molecule has 0 fully saturated rings. The van der Waals surface area contributed by atoms with E-state index >= 15 is 0 Å². The van der Waals surface area contributed by atoms with Crippen LogP contribution >= 0.6 is 0 Å². The first-order valence-electron chi connectivity index (χ1n) is 5.28. The molecule has 3 rings (SSSR count). The zero-order chi connectivity index (χ0) is 11.3. The molecule has 0 amide bonds. The Kier molecular flexibility index (Phi) is 1.77. The van der Waals surface area contributed by atoms with Gasteiger partial charge in [0, 0.05) is 5.56 Å². The Morgan fingerprint density at radius 3 is 3.00 bits per heavy atom. The Balaban J connectivity index is 2.24. The van der Waals surface area contributed by atoms with Gasteiger partial charge in [-0.3, -0.25) is 4.79 Å². The van der Waals surface area contributed by atoms with Crippen LogP contribution in [-0.2, 0) is 15.1 Å². The van der Waals surface area contributed by atoms with Crippen molar-refractivity contribution in [3.8, 4) is 5.75 Å². The standard InChI is InChI=1S/C13H12O3/c1-8-3-4-10-9(7-8)13(2)11(14)5-6-12(15-10)16-13/h3-7,12H,1-2H3/t12-,13+/m0/s1. The number of carbonyl (C=O) groups is 1. The molecule has 2 heterocycles. The molecular weight excluding hydrogens is 204 g/mol. The third-order valence-corrected chi connectivity index (χ3v) is 3.12. The van der Waals surface area contributed by atoms with E-state index in [9.17, 15) is 4.79 Å². The van der Waals surface area contributed by atoms with Gasteiger partial charge < -0.3 is 9.47 Å². The van der Waals surface area contributed by atoms with Gasteiger partial charge in [0.2, 0.25) is 6.29 Å². The number of benzene rings is 1. The first kappa shape index (κ1) is 9.60. The molecule has 0 N–H and O–H groups in total. The first-order valence-corrected chi connectivity index (χ1v) is 5.28. The second-order valence-corrected chi connectivity index (χ2v) is 4.36. The Bertz CT molecular complexity index is 504. The number of hydrogen-bond donors (Lipinski definition) is 0. The molecule has 0 aromatic heterocycles. The summed E-state index contributed by atoms with van der Waals surface area (Å²) in [4.78, 5) is 11.9. The van der Waals surface area contributed by atoms with Crippen molar-refractivity contribution in [3.63, 3.8) is 0 Å². The van der Waals surface area contributed by atoms with E-state index in [1.54, 1.807) is 19.1 Å². The van der Waals surface area contributed by atoms with Crippen molar-refractivity contribution in [1.29, 1.82) is 0 Å². The summed E-state index contributed by atoms with van der Waals surface area (Å²) in [6, 6.07) is 5.81. The summed E-state index contributed by atoms with van der Waals surface area (Å²) in [7, 11) is 0. The fourth-order valence-corrected chi connectivity index (χ4v) is 2.16. The van der Waals surface area contributed by atoms with E-state index in [0.29, 0.717) is 0 Å². The SMILES string of the molecule is Cc1ccc2c(c1)[C@@]1(C)O[C@@H](C=CC1=O)O2. The highest BCUT2D eigenvalue weighted by Crippen LogP contribution is 2.42. The lowest BCUT2D eigenvalue weighted by atomic mass is 9.86. The lowest BCUT2D eigenvalue weighted by molar-refractivity contribution is -0.181. The summed E-state index contributed by atoms with van der Waals surface area (Å²) >= 11 is 0. The number of aryl methyl sites for hydroxylation is 1. The predicted molar refractivity (Wildman–Crippen MR) is 58.2 cm³/mol. The summed E-state index contributed by atoms with van der Waals surface area (Å²) in [5.74, 6) is 0.709. The third-order valence-electron chi connectivity index (χ3n) is 3.12. The zero-order valence-electron chi connectivity index (χ0n) is 9.19. The van der Waals surface area contributed by atoms with E-state index in [1.807, 2.05) is 25.1 Å². The number of carbonyl (C=O) groups excluding carboxylic acids is 1. The van der Waals surface area contributed by atoms with E-state index in [4.69, 9.17) is 9.47 Å². The number of hydrogen-bond acceptors (Lipinski definition) is 3. The second-order valence-electron chi connectivity index (χ2n) is 4.36. The summed E-state index contributed by atoms with van der Waals surface area (Å²) < 4.78 is 11.3. The fourth-order valence-electron chi connectivity index (χ4n) is 2.16. The monoisotopic (exact) mass is 216 g/mol. The Morgan fingerprint density at radius 1 is 1.38 bits per heavy atom. The molecule has 0 aliphatic carbocycles. The summed E-state index contributed by atoms with van der Waals surface area (Å²) in [5, 5.41) is 0. The van der Waals surface area contributed by atoms with Crippen LogP contribution in [0.2, 0.25) is 0 Å². The smallest absolute Gasteiger partial charge is 0.221 e. The first-order chi connectivity index (χ1) is 7.59. The Morgan fingerprint density at radius 2 is 2.19 bits per heavy atom.